The largest absolute Gasteiger partial charge is 0.366 e. The van der Waals surface area contributed by atoms with Crippen LogP contribution < -0.4 is 4.90 Å². The van der Waals surface area contributed by atoms with Crippen molar-refractivity contribution in [3.63, 3.8) is 0 Å². The van der Waals surface area contributed by atoms with Gasteiger partial charge in [-0.25, -0.2) is 4.39 Å². The predicted molar refractivity (Wildman–Crippen MR) is 114 cm³/mol. The molecule has 0 unspecified atom stereocenters. The normalized spacial score (nSPS) is 14.3. The summed E-state index contributed by atoms with van der Waals surface area (Å²) in [6.07, 6.45) is 0. The Bertz CT molecular complexity index is 1200. The molecule has 0 radical (unpaired) electrons. The summed E-state index contributed by atoms with van der Waals surface area (Å²) in [5, 5.41) is 4.93. The third-order valence-corrected chi connectivity index (χ3v) is 5.52. The Morgan fingerprint density at radius 2 is 1.63 bits per heavy atom. The molecule has 30 heavy (non-hydrogen) atoms. The van der Waals surface area contributed by atoms with Crippen LogP contribution in [0.5, 0.6) is 0 Å². The lowest BCUT2D eigenvalue weighted by Crippen LogP contribution is -2.49. The number of nitrogens with zero attached hydrogens (tertiary/aromatic N) is 3. The average molecular weight is 401 g/mol. The fourth-order valence-electron chi connectivity index (χ4n) is 3.91. The van der Waals surface area contributed by atoms with Gasteiger partial charge in [0.25, 0.3) is 5.91 Å². The van der Waals surface area contributed by atoms with Gasteiger partial charge in [-0.15, -0.1) is 0 Å². The van der Waals surface area contributed by atoms with E-state index in [4.69, 9.17) is 4.52 Å². The molecule has 1 amide bonds. The minimum Gasteiger partial charge on any atom is -0.366 e. The number of rotatable bonds is 3. The second-order valence-corrected chi connectivity index (χ2v) is 7.34. The Kier molecular flexibility index (Phi) is 4.67. The van der Waals surface area contributed by atoms with E-state index in [1.54, 1.807) is 18.2 Å². The van der Waals surface area contributed by atoms with Crippen LogP contribution in [0.15, 0.2) is 77.3 Å². The molecule has 0 bridgehead atoms. The van der Waals surface area contributed by atoms with Crippen molar-refractivity contribution in [2.24, 2.45) is 0 Å². The van der Waals surface area contributed by atoms with Crippen molar-refractivity contribution in [3.8, 4) is 11.3 Å². The van der Waals surface area contributed by atoms with E-state index in [1.807, 2.05) is 58.3 Å². The van der Waals surface area contributed by atoms with Crippen LogP contribution in [-0.4, -0.2) is 42.1 Å². The van der Waals surface area contributed by atoms with Gasteiger partial charge < -0.3 is 14.3 Å². The molecule has 0 saturated carbocycles. The summed E-state index contributed by atoms with van der Waals surface area (Å²) in [6.45, 7) is 2.27. The number of para-hydroxylation sites is 1. The first-order valence-corrected chi connectivity index (χ1v) is 9.94. The fraction of sp³-hybridized carbons (Fsp3) is 0.167. The first kappa shape index (κ1) is 18.4. The first-order valence-electron chi connectivity index (χ1n) is 9.94. The quantitative estimate of drug-likeness (QED) is 0.504. The highest BCUT2D eigenvalue weighted by atomic mass is 19.1. The number of anilines is 1. The lowest BCUT2D eigenvalue weighted by atomic mass is 10.1. The molecule has 0 aliphatic carbocycles. The second-order valence-electron chi connectivity index (χ2n) is 7.34. The predicted octanol–water partition coefficient (Wildman–Crippen LogP) is 4.60. The SMILES string of the molecule is O=C(c1ccc2noc(-c3ccccc3)c2c1)N1CCN(c2ccccc2F)CC1. The van der Waals surface area contributed by atoms with Crippen LogP contribution in [0.25, 0.3) is 22.2 Å². The topological polar surface area (TPSA) is 49.6 Å². The van der Waals surface area contributed by atoms with Crippen molar-refractivity contribution in [2.75, 3.05) is 31.1 Å². The van der Waals surface area contributed by atoms with Gasteiger partial charge in [-0.2, -0.15) is 0 Å². The van der Waals surface area contributed by atoms with Gasteiger partial charge in [0.05, 0.1) is 11.1 Å². The van der Waals surface area contributed by atoms with Gasteiger partial charge in [0, 0.05) is 37.3 Å². The second kappa shape index (κ2) is 7.63. The van der Waals surface area contributed by atoms with Crippen molar-refractivity contribution >= 4 is 22.5 Å². The molecule has 4 aromatic rings. The van der Waals surface area contributed by atoms with Crippen LogP contribution in [0.1, 0.15) is 10.4 Å². The third kappa shape index (κ3) is 3.30. The van der Waals surface area contributed by atoms with Crippen molar-refractivity contribution in [1.29, 1.82) is 0 Å². The molecule has 3 aromatic carbocycles. The van der Waals surface area contributed by atoms with E-state index in [-0.39, 0.29) is 11.7 Å². The molecule has 0 atom stereocenters. The Morgan fingerprint density at radius 1 is 0.900 bits per heavy atom. The standard InChI is InChI=1S/C24H20FN3O2/c25-20-8-4-5-9-22(20)27-12-14-28(15-13-27)24(29)18-10-11-21-19(16-18)23(30-26-21)17-6-2-1-3-7-17/h1-11,16H,12-15H2. The van der Waals surface area contributed by atoms with E-state index in [0.29, 0.717) is 43.2 Å². The summed E-state index contributed by atoms with van der Waals surface area (Å²) >= 11 is 0. The Labute approximate surface area is 173 Å². The lowest BCUT2D eigenvalue weighted by Gasteiger charge is -2.36. The summed E-state index contributed by atoms with van der Waals surface area (Å²) in [4.78, 5) is 16.9. The highest BCUT2D eigenvalue weighted by molar-refractivity contribution is 6.01. The number of amides is 1. The van der Waals surface area contributed by atoms with Crippen LogP contribution in [0.2, 0.25) is 0 Å². The number of carbonyl (C=O) groups excluding carboxylic acids is 1. The molecule has 5 rings (SSSR count). The maximum Gasteiger partial charge on any atom is 0.254 e. The van der Waals surface area contributed by atoms with Gasteiger partial charge in [-0.3, -0.25) is 4.79 Å². The van der Waals surface area contributed by atoms with Crippen LogP contribution in [0.3, 0.4) is 0 Å². The highest BCUT2D eigenvalue weighted by Crippen LogP contribution is 2.29. The van der Waals surface area contributed by atoms with Gasteiger partial charge in [0.1, 0.15) is 11.3 Å². The Balaban J connectivity index is 1.36. The number of carbonyl (C=O) groups is 1. The molecule has 1 fully saturated rings. The maximum atomic E-state index is 14.1. The molecule has 1 aliphatic heterocycles. The van der Waals surface area contributed by atoms with Gasteiger partial charge in [0.2, 0.25) is 0 Å². The van der Waals surface area contributed by atoms with Crippen LogP contribution >= 0.6 is 0 Å². The van der Waals surface area contributed by atoms with E-state index in [0.717, 1.165) is 16.5 Å². The van der Waals surface area contributed by atoms with Crippen molar-refractivity contribution in [1.82, 2.24) is 10.1 Å². The van der Waals surface area contributed by atoms with E-state index in [9.17, 15) is 9.18 Å². The number of piperazine rings is 1. The lowest BCUT2D eigenvalue weighted by molar-refractivity contribution is 0.0747. The summed E-state index contributed by atoms with van der Waals surface area (Å²) in [7, 11) is 0. The van der Waals surface area contributed by atoms with Gasteiger partial charge in [-0.1, -0.05) is 47.6 Å². The monoisotopic (exact) mass is 401 g/mol. The summed E-state index contributed by atoms with van der Waals surface area (Å²) in [5.74, 6) is 0.388. The molecule has 1 aliphatic rings. The van der Waals surface area contributed by atoms with Crippen LogP contribution in [0, 0.1) is 5.82 Å². The maximum absolute atomic E-state index is 14.1. The number of aromatic nitrogens is 1. The number of benzene rings is 3. The molecule has 0 spiro atoms. The molecule has 1 aromatic heterocycles. The Morgan fingerprint density at radius 3 is 2.40 bits per heavy atom. The number of hydrogen-bond acceptors (Lipinski definition) is 4. The van der Waals surface area contributed by atoms with Crippen molar-refractivity contribution < 1.29 is 13.7 Å². The number of fused-ring (bicyclic) bond motifs is 1. The highest BCUT2D eigenvalue weighted by Gasteiger charge is 2.24. The van der Waals surface area contributed by atoms with Gasteiger partial charge >= 0.3 is 0 Å². The molecule has 6 heteroatoms. The molecule has 0 N–H and O–H groups in total. The third-order valence-electron chi connectivity index (χ3n) is 5.52. The number of hydrogen-bond donors (Lipinski definition) is 0. The minimum absolute atomic E-state index is 0.0368. The van der Waals surface area contributed by atoms with Crippen molar-refractivity contribution in [3.05, 3.63) is 84.2 Å². The van der Waals surface area contributed by atoms with E-state index in [2.05, 4.69) is 5.16 Å². The first-order chi connectivity index (χ1) is 14.7. The fourth-order valence-corrected chi connectivity index (χ4v) is 3.91. The zero-order valence-electron chi connectivity index (χ0n) is 16.3. The summed E-state index contributed by atoms with van der Waals surface area (Å²) < 4.78 is 19.6. The molecule has 2 heterocycles. The summed E-state index contributed by atoms with van der Waals surface area (Å²) in [5.41, 5.74) is 2.82. The zero-order valence-corrected chi connectivity index (χ0v) is 16.3. The molecular formula is C24H20FN3O2. The van der Waals surface area contributed by atoms with E-state index < -0.39 is 0 Å². The smallest absolute Gasteiger partial charge is 0.254 e. The van der Waals surface area contributed by atoms with Gasteiger partial charge in [0.15, 0.2) is 5.76 Å². The summed E-state index contributed by atoms with van der Waals surface area (Å²) in [6, 6.07) is 21.9. The van der Waals surface area contributed by atoms with Crippen molar-refractivity contribution in [2.45, 2.75) is 0 Å². The molecule has 5 nitrogen and oxygen atoms in total. The molecular weight excluding hydrogens is 381 g/mol. The molecule has 150 valence electrons. The van der Waals surface area contributed by atoms with Crippen LogP contribution in [-0.2, 0) is 0 Å². The minimum atomic E-state index is -0.233. The van der Waals surface area contributed by atoms with E-state index >= 15 is 0 Å². The van der Waals surface area contributed by atoms with Gasteiger partial charge in [-0.05, 0) is 30.3 Å². The Hall–Kier alpha value is -3.67. The molecule has 1 saturated heterocycles. The average Bonchev–Trinajstić information content (AvgIpc) is 3.23. The number of halogens is 1. The van der Waals surface area contributed by atoms with Crippen LogP contribution in [0.4, 0.5) is 10.1 Å². The zero-order chi connectivity index (χ0) is 20.5. The van der Waals surface area contributed by atoms with E-state index in [1.165, 1.54) is 6.07 Å².